The number of piperidine rings is 1. The van der Waals surface area contributed by atoms with Gasteiger partial charge in [0, 0.05) is 0 Å². The molecule has 0 saturated carbocycles. The maximum atomic E-state index is 10.7. The maximum Gasteiger partial charge on any atom is 0.582 e. The fourth-order valence-corrected chi connectivity index (χ4v) is 2.42. The van der Waals surface area contributed by atoms with Gasteiger partial charge in [0.2, 0.25) is 0 Å². The van der Waals surface area contributed by atoms with Crippen LogP contribution in [0.4, 0.5) is 0 Å². The number of aliphatic hydroxyl groups is 1. The first-order chi connectivity index (χ1) is 5.68. The molecule has 1 rings (SSSR count). The van der Waals surface area contributed by atoms with Gasteiger partial charge in [-0.25, -0.2) is 0 Å². The second-order valence-electron chi connectivity index (χ2n) is 2.92. The third-order valence-corrected chi connectivity index (χ3v) is 2.86. The number of thiol groups is 1. The summed E-state index contributed by atoms with van der Waals surface area (Å²) in [5.41, 5.74) is -0.625. The lowest BCUT2D eigenvalue weighted by Crippen LogP contribution is -2.45. The summed E-state index contributed by atoms with van der Waals surface area (Å²) in [6.45, 7) is 1.49. The van der Waals surface area contributed by atoms with Gasteiger partial charge in [0.1, 0.15) is 17.8 Å². The van der Waals surface area contributed by atoms with Crippen molar-refractivity contribution in [2.24, 2.45) is 0 Å². The Bertz CT molecular complexity index is 172. The van der Waals surface area contributed by atoms with Gasteiger partial charge in [-0.15, -0.1) is 4.52 Å². The number of nitrogens with one attached hydrogen (secondary N) is 1. The molecule has 0 aromatic heterocycles. The highest BCUT2D eigenvalue weighted by Gasteiger charge is 2.39. The van der Waals surface area contributed by atoms with E-state index < -0.39 is 12.8 Å². The third kappa shape index (κ3) is 2.68. The van der Waals surface area contributed by atoms with E-state index in [1.54, 1.807) is 0 Å². The first-order valence-corrected chi connectivity index (χ1v) is 6.18. The molecule has 0 spiro atoms. The van der Waals surface area contributed by atoms with Gasteiger partial charge < -0.3 is 10.4 Å². The summed E-state index contributed by atoms with van der Waals surface area (Å²) >= 11 is 3.67. The zero-order chi connectivity index (χ0) is 9.03. The molecule has 4 nitrogen and oxygen atoms in total. The molecule has 2 N–H and O–H groups in total. The molecule has 6 heteroatoms. The Kier molecular flexibility index (Phi) is 3.93. The summed E-state index contributed by atoms with van der Waals surface area (Å²) in [5, 5.41) is 12.2. The van der Waals surface area contributed by atoms with Crippen LogP contribution in [0.1, 0.15) is 12.8 Å². The molecule has 1 saturated heterocycles. The summed E-state index contributed by atoms with van der Waals surface area (Å²) in [6.07, 6.45) is 1.37. The van der Waals surface area contributed by atoms with Crippen LogP contribution in [0.5, 0.6) is 0 Å². The average Bonchev–Trinajstić information content (AvgIpc) is 2.05. The largest absolute Gasteiger partial charge is 0.582 e. The molecular weight excluding hydrogens is 197 g/mol. The van der Waals surface area contributed by atoms with Crippen LogP contribution in [0, 0.1) is 0 Å². The third-order valence-electron chi connectivity index (χ3n) is 2.07. The Morgan fingerprint density at radius 2 is 2.17 bits per heavy atom. The quantitative estimate of drug-likeness (QED) is 0.474. The van der Waals surface area contributed by atoms with Gasteiger partial charge >= 0.3 is 7.23 Å². The SMILES string of the molecule is O=[P+](S)OC1(CO)CCNCC1. The Morgan fingerprint density at radius 1 is 1.58 bits per heavy atom. The molecule has 0 amide bonds. The van der Waals surface area contributed by atoms with E-state index in [1.807, 2.05) is 0 Å². The summed E-state index contributed by atoms with van der Waals surface area (Å²) < 4.78 is 15.8. The molecule has 0 aromatic rings. The molecule has 0 bridgehead atoms. The van der Waals surface area contributed by atoms with Crippen LogP contribution in [0.15, 0.2) is 0 Å². The molecule has 0 radical (unpaired) electrons. The van der Waals surface area contributed by atoms with Crippen molar-refractivity contribution in [2.45, 2.75) is 18.4 Å². The zero-order valence-corrected chi connectivity index (χ0v) is 8.48. The van der Waals surface area contributed by atoms with Crippen molar-refractivity contribution >= 4 is 19.5 Å². The molecule has 1 aliphatic heterocycles. The minimum atomic E-state index is -1.92. The van der Waals surface area contributed by atoms with Crippen LogP contribution in [0.3, 0.4) is 0 Å². The van der Waals surface area contributed by atoms with E-state index >= 15 is 0 Å². The van der Waals surface area contributed by atoms with Gasteiger partial charge in [0.15, 0.2) is 0 Å². The van der Waals surface area contributed by atoms with E-state index in [9.17, 15) is 4.57 Å². The summed E-state index contributed by atoms with van der Waals surface area (Å²) in [5.74, 6) is 0. The van der Waals surface area contributed by atoms with Gasteiger partial charge in [-0.3, -0.25) is 0 Å². The second-order valence-corrected chi connectivity index (χ2v) is 4.56. The highest BCUT2D eigenvalue weighted by Crippen LogP contribution is 2.37. The lowest BCUT2D eigenvalue weighted by molar-refractivity contribution is -0.00579. The number of hydrogen-bond donors (Lipinski definition) is 3. The maximum absolute atomic E-state index is 10.7. The number of rotatable bonds is 3. The molecule has 1 heterocycles. The summed E-state index contributed by atoms with van der Waals surface area (Å²) in [6, 6.07) is 0. The summed E-state index contributed by atoms with van der Waals surface area (Å²) in [4.78, 5) is 0. The number of aliphatic hydroxyl groups excluding tert-OH is 1. The van der Waals surface area contributed by atoms with E-state index in [-0.39, 0.29) is 6.61 Å². The molecular formula is C6H13NO3PS+. The van der Waals surface area contributed by atoms with E-state index in [4.69, 9.17) is 9.63 Å². The Balaban J connectivity index is 2.53. The molecule has 1 unspecified atom stereocenters. The monoisotopic (exact) mass is 210 g/mol. The molecule has 0 aromatic carbocycles. The van der Waals surface area contributed by atoms with E-state index in [0.717, 1.165) is 13.1 Å². The molecule has 70 valence electrons. The van der Waals surface area contributed by atoms with Gasteiger partial charge in [0.25, 0.3) is 0 Å². The second kappa shape index (κ2) is 4.53. The minimum absolute atomic E-state index is 0.0870. The van der Waals surface area contributed by atoms with Gasteiger partial charge in [0.05, 0.1) is 6.61 Å². The van der Waals surface area contributed by atoms with Crippen molar-refractivity contribution in [1.29, 1.82) is 0 Å². The summed E-state index contributed by atoms with van der Waals surface area (Å²) in [7, 11) is -1.92. The predicted molar refractivity (Wildman–Crippen MR) is 49.6 cm³/mol. The van der Waals surface area contributed by atoms with Crippen LogP contribution >= 0.6 is 19.5 Å². The predicted octanol–water partition coefficient (Wildman–Crippen LogP) is 0.705. The fraction of sp³-hybridized carbons (Fsp3) is 1.00. The minimum Gasteiger partial charge on any atom is -0.393 e. The molecule has 1 atom stereocenters. The average molecular weight is 210 g/mol. The Labute approximate surface area is 77.7 Å². The van der Waals surface area contributed by atoms with Crippen molar-refractivity contribution in [2.75, 3.05) is 19.7 Å². The Hall–Kier alpha value is 0.330. The Morgan fingerprint density at radius 3 is 2.58 bits per heavy atom. The molecule has 12 heavy (non-hydrogen) atoms. The zero-order valence-electron chi connectivity index (χ0n) is 6.69. The lowest BCUT2D eigenvalue weighted by atomic mass is 9.94. The molecule has 1 fully saturated rings. The van der Waals surface area contributed by atoms with E-state index in [2.05, 4.69) is 17.6 Å². The van der Waals surface area contributed by atoms with Crippen molar-refractivity contribution in [1.82, 2.24) is 5.32 Å². The van der Waals surface area contributed by atoms with Crippen LogP contribution in [-0.4, -0.2) is 30.4 Å². The number of hydrogen-bond acceptors (Lipinski definition) is 4. The topological polar surface area (TPSA) is 58.6 Å². The van der Waals surface area contributed by atoms with Gasteiger partial charge in [-0.05, 0) is 30.5 Å². The smallest absolute Gasteiger partial charge is 0.393 e. The molecule has 0 aliphatic carbocycles. The van der Waals surface area contributed by atoms with Crippen LogP contribution in [0.25, 0.3) is 0 Å². The lowest BCUT2D eigenvalue weighted by Gasteiger charge is -2.29. The van der Waals surface area contributed by atoms with Crippen LogP contribution in [0.2, 0.25) is 0 Å². The van der Waals surface area contributed by atoms with Crippen molar-refractivity contribution in [3.05, 3.63) is 0 Å². The van der Waals surface area contributed by atoms with Crippen LogP contribution in [-0.2, 0) is 9.09 Å². The molecule has 1 aliphatic rings. The first kappa shape index (κ1) is 10.4. The highest BCUT2D eigenvalue weighted by atomic mass is 32.7. The first-order valence-electron chi connectivity index (χ1n) is 3.85. The van der Waals surface area contributed by atoms with Crippen molar-refractivity contribution in [3.8, 4) is 0 Å². The van der Waals surface area contributed by atoms with Gasteiger partial charge in [-0.2, -0.15) is 0 Å². The fourth-order valence-electron chi connectivity index (χ4n) is 1.33. The van der Waals surface area contributed by atoms with Crippen molar-refractivity contribution < 1.29 is 14.2 Å². The van der Waals surface area contributed by atoms with Crippen LogP contribution < -0.4 is 5.32 Å². The highest BCUT2D eigenvalue weighted by molar-refractivity contribution is 8.39. The standard InChI is InChI=1S/C6H12NO3PS/c8-5-6(10-11(9)12)1-3-7-4-2-6/h7-8H,1-5H2/p+1. The van der Waals surface area contributed by atoms with E-state index in [1.165, 1.54) is 0 Å². The normalized spacial score (nSPS) is 23.7. The van der Waals surface area contributed by atoms with E-state index in [0.29, 0.717) is 12.8 Å². The van der Waals surface area contributed by atoms with Crippen molar-refractivity contribution in [3.63, 3.8) is 0 Å². The van der Waals surface area contributed by atoms with Gasteiger partial charge in [-0.1, -0.05) is 0 Å².